The van der Waals surface area contributed by atoms with Crippen LogP contribution in [-0.4, -0.2) is 31.3 Å². The highest BCUT2D eigenvalue weighted by Gasteiger charge is 2.18. The Hall–Kier alpha value is -0.840. The molecular weight excluding hydrogens is 290 g/mol. The third kappa shape index (κ3) is 5.27. The van der Waals surface area contributed by atoms with Crippen molar-refractivity contribution >= 4 is 34.6 Å². The maximum atomic E-state index is 5.85. The van der Waals surface area contributed by atoms with Crippen LogP contribution < -0.4 is 15.5 Å². The molecule has 0 bridgehead atoms. The molecule has 2 rings (SSSR count). The van der Waals surface area contributed by atoms with E-state index in [4.69, 9.17) is 23.8 Å². The summed E-state index contributed by atoms with van der Waals surface area (Å²) < 4.78 is 0. The molecule has 3 N–H and O–H groups in total. The first-order valence-corrected chi connectivity index (χ1v) is 8.06. The molecule has 1 saturated heterocycles. The quantitative estimate of drug-likeness (QED) is 0.742. The molecule has 1 fully saturated rings. The van der Waals surface area contributed by atoms with Crippen molar-refractivity contribution in [1.29, 1.82) is 0 Å². The van der Waals surface area contributed by atoms with Crippen molar-refractivity contribution in [3.63, 3.8) is 0 Å². The predicted octanol–water partition coefficient (Wildman–Crippen LogP) is 1.94. The lowest BCUT2D eigenvalue weighted by molar-refractivity contribution is -0.904. The molecule has 20 heavy (non-hydrogen) atoms. The van der Waals surface area contributed by atoms with Crippen LogP contribution in [0.2, 0.25) is 5.02 Å². The molecule has 1 aromatic rings. The Balaban J connectivity index is 1.64. The molecule has 1 aliphatic heterocycles. The van der Waals surface area contributed by atoms with Gasteiger partial charge in [0.2, 0.25) is 0 Å². The van der Waals surface area contributed by atoms with E-state index in [1.54, 1.807) is 4.90 Å². The Morgan fingerprint density at radius 2 is 1.95 bits per heavy atom. The smallest absolute Gasteiger partial charge is 0.170 e. The van der Waals surface area contributed by atoms with Crippen LogP contribution in [0, 0.1) is 5.92 Å². The number of hydrogen-bond donors (Lipinski definition) is 3. The minimum atomic E-state index is 0.678. The van der Waals surface area contributed by atoms with Gasteiger partial charge in [0.05, 0.1) is 26.2 Å². The van der Waals surface area contributed by atoms with E-state index in [1.165, 1.54) is 25.9 Å². The zero-order chi connectivity index (χ0) is 14.4. The number of likely N-dealkylation sites (tertiary alicyclic amines) is 1. The summed E-state index contributed by atoms with van der Waals surface area (Å²) in [7, 11) is 0. The molecule has 0 atom stereocenters. The van der Waals surface area contributed by atoms with E-state index in [0.717, 1.165) is 29.7 Å². The second-order valence-electron chi connectivity index (χ2n) is 5.57. The van der Waals surface area contributed by atoms with Crippen LogP contribution in [-0.2, 0) is 0 Å². The van der Waals surface area contributed by atoms with Gasteiger partial charge in [-0.25, -0.2) is 0 Å². The van der Waals surface area contributed by atoms with Gasteiger partial charge in [-0.2, -0.15) is 0 Å². The van der Waals surface area contributed by atoms with Crippen molar-refractivity contribution in [2.75, 3.05) is 31.5 Å². The van der Waals surface area contributed by atoms with E-state index >= 15 is 0 Å². The molecule has 0 saturated carbocycles. The molecule has 110 valence electrons. The summed E-state index contributed by atoms with van der Waals surface area (Å²) in [6.45, 7) is 6.99. The monoisotopic (exact) mass is 312 g/mol. The lowest BCUT2D eigenvalue weighted by Crippen LogP contribution is -3.13. The minimum absolute atomic E-state index is 0.678. The number of anilines is 1. The summed E-state index contributed by atoms with van der Waals surface area (Å²) in [5.74, 6) is 0.902. The van der Waals surface area contributed by atoms with Crippen LogP contribution in [0.3, 0.4) is 0 Å². The summed E-state index contributed by atoms with van der Waals surface area (Å²) in [6, 6.07) is 7.55. The molecule has 1 heterocycles. The average molecular weight is 313 g/mol. The molecule has 0 spiro atoms. The lowest BCUT2D eigenvalue weighted by Gasteiger charge is -2.27. The minimum Gasteiger partial charge on any atom is -0.357 e. The van der Waals surface area contributed by atoms with Gasteiger partial charge in [0.15, 0.2) is 5.11 Å². The van der Waals surface area contributed by atoms with Gasteiger partial charge in [-0.3, -0.25) is 0 Å². The van der Waals surface area contributed by atoms with Gasteiger partial charge >= 0.3 is 0 Å². The summed E-state index contributed by atoms with van der Waals surface area (Å²) >= 11 is 11.1. The zero-order valence-electron chi connectivity index (χ0n) is 11.9. The number of hydrogen-bond acceptors (Lipinski definition) is 1. The van der Waals surface area contributed by atoms with Gasteiger partial charge < -0.3 is 15.5 Å². The largest absolute Gasteiger partial charge is 0.357 e. The van der Waals surface area contributed by atoms with Crippen LogP contribution in [0.5, 0.6) is 0 Å². The predicted molar refractivity (Wildman–Crippen MR) is 89.6 cm³/mol. The number of rotatable bonds is 4. The standard InChI is InChI=1S/C15H22ClN3S/c1-12-6-9-19(10-7-12)11-8-17-15(20)18-14-4-2-13(16)3-5-14/h2-5,12H,6-11H2,1H3,(H2,17,18,20)/p+1. The average Bonchev–Trinajstić information content (AvgIpc) is 2.44. The highest BCUT2D eigenvalue weighted by Crippen LogP contribution is 2.13. The molecule has 0 radical (unpaired) electrons. The fraction of sp³-hybridized carbons (Fsp3) is 0.533. The number of quaternary nitrogens is 1. The first-order valence-electron chi connectivity index (χ1n) is 7.27. The maximum Gasteiger partial charge on any atom is 0.170 e. The second kappa shape index (κ2) is 7.81. The Kier molecular flexibility index (Phi) is 6.07. The highest BCUT2D eigenvalue weighted by atomic mass is 35.5. The Bertz CT molecular complexity index is 427. The van der Waals surface area contributed by atoms with Crippen LogP contribution in [0.4, 0.5) is 5.69 Å². The molecule has 0 unspecified atom stereocenters. The van der Waals surface area contributed by atoms with E-state index in [1.807, 2.05) is 24.3 Å². The van der Waals surface area contributed by atoms with E-state index < -0.39 is 0 Å². The molecule has 5 heteroatoms. The third-order valence-electron chi connectivity index (χ3n) is 3.85. The zero-order valence-corrected chi connectivity index (χ0v) is 13.5. The Morgan fingerprint density at radius 3 is 2.60 bits per heavy atom. The summed E-state index contributed by atoms with van der Waals surface area (Å²) in [6.07, 6.45) is 2.70. The summed E-state index contributed by atoms with van der Waals surface area (Å²) in [4.78, 5) is 1.69. The fourth-order valence-corrected chi connectivity index (χ4v) is 2.83. The molecular formula is C15H23ClN3S+. The van der Waals surface area contributed by atoms with Crippen molar-refractivity contribution in [3.05, 3.63) is 29.3 Å². The van der Waals surface area contributed by atoms with Crippen molar-refractivity contribution < 1.29 is 4.90 Å². The summed E-state index contributed by atoms with van der Waals surface area (Å²) in [5, 5.41) is 7.85. The topological polar surface area (TPSA) is 28.5 Å². The third-order valence-corrected chi connectivity index (χ3v) is 4.35. The molecule has 1 aromatic carbocycles. The number of benzene rings is 1. The fourth-order valence-electron chi connectivity index (χ4n) is 2.48. The van der Waals surface area contributed by atoms with Crippen molar-refractivity contribution in [1.82, 2.24) is 5.32 Å². The van der Waals surface area contributed by atoms with Crippen molar-refractivity contribution in [2.45, 2.75) is 19.8 Å². The van der Waals surface area contributed by atoms with Crippen LogP contribution in [0.1, 0.15) is 19.8 Å². The van der Waals surface area contributed by atoms with E-state index in [-0.39, 0.29) is 0 Å². The van der Waals surface area contributed by atoms with E-state index in [0.29, 0.717) is 5.11 Å². The number of halogens is 1. The first-order chi connectivity index (χ1) is 9.63. The van der Waals surface area contributed by atoms with Gasteiger partial charge in [0.25, 0.3) is 0 Å². The van der Waals surface area contributed by atoms with Gasteiger partial charge in [0.1, 0.15) is 0 Å². The highest BCUT2D eigenvalue weighted by molar-refractivity contribution is 7.80. The normalized spacial score (nSPS) is 22.3. The van der Waals surface area contributed by atoms with Gasteiger partial charge in [-0.1, -0.05) is 18.5 Å². The number of thiocarbonyl (C=S) groups is 1. The van der Waals surface area contributed by atoms with Crippen LogP contribution in [0.15, 0.2) is 24.3 Å². The molecule has 0 aromatic heterocycles. The van der Waals surface area contributed by atoms with Crippen LogP contribution in [0.25, 0.3) is 0 Å². The molecule has 0 aliphatic carbocycles. The first kappa shape index (κ1) is 15.5. The summed E-state index contributed by atoms with van der Waals surface area (Å²) in [5.41, 5.74) is 0.964. The SMILES string of the molecule is CC1CC[NH+](CCNC(=S)Nc2ccc(Cl)cc2)CC1. The van der Waals surface area contributed by atoms with Crippen molar-refractivity contribution in [2.24, 2.45) is 5.92 Å². The molecule has 3 nitrogen and oxygen atoms in total. The number of piperidine rings is 1. The van der Waals surface area contributed by atoms with Gasteiger partial charge in [0, 0.05) is 10.7 Å². The van der Waals surface area contributed by atoms with Crippen molar-refractivity contribution in [3.8, 4) is 0 Å². The molecule has 1 aliphatic rings. The molecule has 0 amide bonds. The maximum absolute atomic E-state index is 5.85. The second-order valence-corrected chi connectivity index (χ2v) is 6.41. The van der Waals surface area contributed by atoms with E-state index in [2.05, 4.69) is 17.6 Å². The number of nitrogens with one attached hydrogen (secondary N) is 3. The lowest BCUT2D eigenvalue weighted by atomic mass is 9.99. The van der Waals surface area contributed by atoms with E-state index in [9.17, 15) is 0 Å². The van der Waals surface area contributed by atoms with Crippen LogP contribution >= 0.6 is 23.8 Å². The van der Waals surface area contributed by atoms with Gasteiger partial charge in [-0.15, -0.1) is 0 Å². The van der Waals surface area contributed by atoms with Gasteiger partial charge in [-0.05, 0) is 55.2 Å². The Labute approximate surface area is 131 Å². The Morgan fingerprint density at radius 1 is 1.30 bits per heavy atom.